The van der Waals surface area contributed by atoms with Crippen LogP contribution in [0.1, 0.15) is 57.1 Å². The molecule has 8 nitrogen and oxygen atoms in total. The Balaban J connectivity index is 1.51. The van der Waals surface area contributed by atoms with Crippen molar-refractivity contribution in [2.45, 2.75) is 57.6 Å². The number of rotatable bonds is 10. The Hall–Kier alpha value is -3.81. The van der Waals surface area contributed by atoms with Gasteiger partial charge in [-0.1, -0.05) is 54.6 Å². The molecule has 0 unspecified atom stereocenters. The summed E-state index contributed by atoms with van der Waals surface area (Å²) in [5, 5.41) is 14.4. The number of carboxylic acid groups (broad SMARTS) is 1. The maximum Gasteiger partial charge on any atom is 0.407 e. The highest BCUT2D eigenvalue weighted by Gasteiger charge is 2.29. The lowest BCUT2D eigenvalue weighted by atomic mass is 9.98. The second-order valence-electron chi connectivity index (χ2n) is 9.70. The number of hydrogen-bond donors (Lipinski definition) is 3. The Morgan fingerprint density at radius 2 is 1.58 bits per heavy atom. The van der Waals surface area contributed by atoms with Crippen LogP contribution in [-0.2, 0) is 14.3 Å². The van der Waals surface area contributed by atoms with Crippen LogP contribution in [0.2, 0.25) is 0 Å². The molecule has 192 valence electrons. The van der Waals surface area contributed by atoms with Gasteiger partial charge < -0.3 is 25.2 Å². The van der Waals surface area contributed by atoms with Crippen molar-refractivity contribution in [1.29, 1.82) is 0 Å². The number of nitrogens with one attached hydrogen (secondary N) is 2. The van der Waals surface area contributed by atoms with E-state index in [9.17, 15) is 14.4 Å². The molecule has 2 aromatic carbocycles. The number of hydrogen-bond acceptors (Lipinski definition) is 5. The molecule has 2 aromatic rings. The second-order valence-corrected chi connectivity index (χ2v) is 9.70. The minimum atomic E-state index is -1.10. The number of ether oxygens (including phenoxy) is 2. The number of benzene rings is 2. The molecule has 0 saturated carbocycles. The Bertz CT molecular complexity index is 1060. The first kappa shape index (κ1) is 26.8. The zero-order valence-corrected chi connectivity index (χ0v) is 21.0. The molecule has 0 spiro atoms. The van der Waals surface area contributed by atoms with E-state index in [1.165, 1.54) is 6.08 Å². The topological polar surface area (TPSA) is 114 Å². The van der Waals surface area contributed by atoms with Gasteiger partial charge >= 0.3 is 18.2 Å². The largest absolute Gasteiger partial charge is 0.478 e. The molecule has 3 N–H and O–H groups in total. The molecular formula is C28H34N2O6. The van der Waals surface area contributed by atoms with Gasteiger partial charge in [0.1, 0.15) is 12.2 Å². The zero-order valence-electron chi connectivity index (χ0n) is 21.0. The molecule has 1 atom stereocenters. The first-order chi connectivity index (χ1) is 17.1. The summed E-state index contributed by atoms with van der Waals surface area (Å²) in [7, 11) is 0. The molecule has 1 aliphatic carbocycles. The normalized spacial score (nSPS) is 13.5. The molecule has 0 aromatic heterocycles. The average Bonchev–Trinajstić information content (AvgIpc) is 3.13. The third-order valence-electron chi connectivity index (χ3n) is 5.73. The molecule has 0 bridgehead atoms. The molecule has 0 radical (unpaired) electrons. The molecule has 0 heterocycles. The van der Waals surface area contributed by atoms with Crippen LogP contribution in [0.15, 0.2) is 60.7 Å². The molecular weight excluding hydrogens is 460 g/mol. The van der Waals surface area contributed by atoms with E-state index in [1.54, 1.807) is 20.8 Å². The van der Waals surface area contributed by atoms with Crippen molar-refractivity contribution in [2.24, 2.45) is 0 Å². The van der Waals surface area contributed by atoms with Crippen LogP contribution in [0.25, 0.3) is 11.1 Å². The van der Waals surface area contributed by atoms with Gasteiger partial charge in [-0.3, -0.25) is 0 Å². The number of amides is 2. The molecule has 2 amide bonds. The van der Waals surface area contributed by atoms with E-state index in [0.29, 0.717) is 25.8 Å². The molecule has 0 saturated heterocycles. The van der Waals surface area contributed by atoms with Gasteiger partial charge in [0.15, 0.2) is 0 Å². The third kappa shape index (κ3) is 7.86. The van der Waals surface area contributed by atoms with Crippen LogP contribution < -0.4 is 10.6 Å². The van der Waals surface area contributed by atoms with Gasteiger partial charge in [-0.2, -0.15) is 0 Å². The van der Waals surface area contributed by atoms with E-state index in [2.05, 4.69) is 22.8 Å². The van der Waals surface area contributed by atoms with Crippen molar-refractivity contribution in [3.63, 3.8) is 0 Å². The maximum atomic E-state index is 12.6. The molecule has 36 heavy (non-hydrogen) atoms. The zero-order chi connectivity index (χ0) is 26.1. The minimum absolute atomic E-state index is 0.0601. The van der Waals surface area contributed by atoms with E-state index >= 15 is 0 Å². The van der Waals surface area contributed by atoms with Crippen molar-refractivity contribution in [1.82, 2.24) is 10.6 Å². The third-order valence-corrected chi connectivity index (χ3v) is 5.73. The molecule has 8 heteroatoms. The van der Waals surface area contributed by atoms with Crippen molar-refractivity contribution in [3.05, 3.63) is 71.8 Å². The van der Waals surface area contributed by atoms with Crippen LogP contribution in [0.5, 0.6) is 0 Å². The molecule has 0 fully saturated rings. The van der Waals surface area contributed by atoms with Crippen LogP contribution in [0, 0.1) is 0 Å². The first-order valence-electron chi connectivity index (χ1n) is 12.1. The Labute approximate surface area is 211 Å². The SMILES string of the molecule is CC(C)(C)OC(=O)NCCCC[C@@H](/C=C/C(=O)O)NC(=O)OCC1c2ccccc2-c2ccccc21. The Morgan fingerprint density at radius 3 is 2.17 bits per heavy atom. The van der Waals surface area contributed by atoms with Crippen molar-refractivity contribution in [3.8, 4) is 11.1 Å². The highest BCUT2D eigenvalue weighted by atomic mass is 16.6. The summed E-state index contributed by atoms with van der Waals surface area (Å²) in [6.07, 6.45) is 3.13. The maximum absolute atomic E-state index is 12.6. The van der Waals surface area contributed by atoms with Crippen LogP contribution >= 0.6 is 0 Å². The number of alkyl carbamates (subject to hydrolysis) is 2. The average molecular weight is 495 g/mol. The molecule has 0 aliphatic heterocycles. The highest BCUT2D eigenvalue weighted by molar-refractivity contribution is 5.80. The van der Waals surface area contributed by atoms with Gasteiger partial charge in [0, 0.05) is 18.5 Å². The quantitative estimate of drug-likeness (QED) is 0.308. The number of aliphatic carboxylic acids is 1. The lowest BCUT2D eigenvalue weighted by molar-refractivity contribution is -0.131. The van der Waals surface area contributed by atoms with Crippen molar-refractivity contribution < 1.29 is 29.0 Å². The van der Waals surface area contributed by atoms with E-state index in [1.807, 2.05) is 36.4 Å². The van der Waals surface area contributed by atoms with E-state index < -0.39 is 29.8 Å². The monoisotopic (exact) mass is 494 g/mol. The van der Waals surface area contributed by atoms with Crippen molar-refractivity contribution in [2.75, 3.05) is 13.2 Å². The summed E-state index contributed by atoms with van der Waals surface area (Å²) in [6, 6.07) is 15.7. The minimum Gasteiger partial charge on any atom is -0.478 e. The smallest absolute Gasteiger partial charge is 0.407 e. The number of carbonyl (C=O) groups excluding carboxylic acids is 2. The predicted octanol–water partition coefficient (Wildman–Crippen LogP) is 5.23. The lowest BCUT2D eigenvalue weighted by Crippen LogP contribution is -2.35. The van der Waals surface area contributed by atoms with Crippen LogP contribution in [0.3, 0.4) is 0 Å². The van der Waals surface area contributed by atoms with E-state index in [0.717, 1.165) is 28.3 Å². The van der Waals surface area contributed by atoms with Crippen molar-refractivity contribution >= 4 is 18.2 Å². The van der Waals surface area contributed by atoms with Gasteiger partial charge in [-0.25, -0.2) is 14.4 Å². The number of carbonyl (C=O) groups is 3. The lowest BCUT2D eigenvalue weighted by Gasteiger charge is -2.20. The number of fused-ring (bicyclic) bond motifs is 3. The molecule has 3 rings (SSSR count). The molecule has 1 aliphatic rings. The number of unbranched alkanes of at least 4 members (excludes halogenated alkanes) is 1. The van der Waals surface area contributed by atoms with Gasteiger partial charge in [-0.05, 0) is 62.3 Å². The van der Waals surface area contributed by atoms with E-state index in [4.69, 9.17) is 14.6 Å². The van der Waals surface area contributed by atoms with Crippen LogP contribution in [0.4, 0.5) is 9.59 Å². The standard InChI is InChI=1S/C28H34N2O6/c1-28(2,3)36-26(33)29-17-9-8-10-19(15-16-25(31)32)30-27(34)35-18-24-22-13-6-4-11-20(22)21-12-5-7-14-23(21)24/h4-7,11-16,19,24H,8-10,17-18H2,1-3H3,(H,29,33)(H,30,34)(H,31,32)/b16-15+/t19-/m0/s1. The van der Waals surface area contributed by atoms with E-state index in [-0.39, 0.29) is 12.5 Å². The van der Waals surface area contributed by atoms with Gasteiger partial charge in [0.2, 0.25) is 0 Å². The summed E-state index contributed by atoms with van der Waals surface area (Å²) in [4.78, 5) is 35.3. The predicted molar refractivity (Wildman–Crippen MR) is 137 cm³/mol. The Morgan fingerprint density at radius 1 is 0.972 bits per heavy atom. The van der Waals surface area contributed by atoms with Gasteiger partial charge in [0.25, 0.3) is 0 Å². The fraction of sp³-hybridized carbons (Fsp3) is 0.393. The summed E-state index contributed by atoms with van der Waals surface area (Å²) in [5.41, 5.74) is 3.95. The Kier molecular flexibility index (Phi) is 9.11. The fourth-order valence-electron chi connectivity index (χ4n) is 4.20. The number of carboxylic acids is 1. The van der Waals surface area contributed by atoms with Gasteiger partial charge in [-0.15, -0.1) is 0 Å². The second kappa shape index (κ2) is 12.2. The van der Waals surface area contributed by atoms with Crippen LogP contribution in [-0.4, -0.2) is 48.1 Å². The summed E-state index contributed by atoms with van der Waals surface area (Å²) in [5.74, 6) is -1.16. The first-order valence-corrected chi connectivity index (χ1v) is 12.1. The summed E-state index contributed by atoms with van der Waals surface area (Å²) >= 11 is 0. The summed E-state index contributed by atoms with van der Waals surface area (Å²) in [6.45, 7) is 5.97. The summed E-state index contributed by atoms with van der Waals surface area (Å²) < 4.78 is 10.8. The fourth-order valence-corrected chi connectivity index (χ4v) is 4.20. The highest BCUT2D eigenvalue weighted by Crippen LogP contribution is 2.44. The van der Waals surface area contributed by atoms with Gasteiger partial charge in [0.05, 0.1) is 6.04 Å².